The van der Waals surface area contributed by atoms with E-state index >= 15 is 0 Å². The lowest BCUT2D eigenvalue weighted by Gasteiger charge is -1.96. The number of rotatable bonds is 2. The van der Waals surface area contributed by atoms with E-state index in [-0.39, 0.29) is 11.7 Å². The highest BCUT2D eigenvalue weighted by Gasteiger charge is 2.13. The Morgan fingerprint density at radius 3 is 2.95 bits per heavy atom. The molecule has 4 nitrogen and oxygen atoms in total. The van der Waals surface area contributed by atoms with Gasteiger partial charge in [-0.1, -0.05) is 11.2 Å². The van der Waals surface area contributed by atoms with Crippen LogP contribution in [-0.4, -0.2) is 11.1 Å². The SMILES string of the molecule is Cc1cc(NC(=O)c2cc3c(F)cccc3s2)no1. The Hall–Kier alpha value is -2.21. The second kappa shape index (κ2) is 4.47. The Morgan fingerprint density at radius 2 is 2.26 bits per heavy atom. The smallest absolute Gasteiger partial charge is 0.267 e. The summed E-state index contributed by atoms with van der Waals surface area (Å²) < 4.78 is 19.1. The van der Waals surface area contributed by atoms with Gasteiger partial charge in [-0.15, -0.1) is 11.3 Å². The summed E-state index contributed by atoms with van der Waals surface area (Å²) in [4.78, 5) is 12.4. The summed E-state index contributed by atoms with van der Waals surface area (Å²) >= 11 is 1.24. The standard InChI is InChI=1S/C13H9FN2O2S/c1-7-5-12(16-18-7)15-13(17)11-6-8-9(14)3-2-4-10(8)19-11/h2-6H,1H3,(H,15,16,17). The molecule has 1 amide bonds. The number of carbonyl (C=O) groups is 1. The number of anilines is 1. The predicted octanol–water partition coefficient (Wildman–Crippen LogP) is 3.59. The molecule has 3 rings (SSSR count). The van der Waals surface area contributed by atoms with Crippen molar-refractivity contribution in [2.45, 2.75) is 6.92 Å². The predicted molar refractivity (Wildman–Crippen MR) is 71.0 cm³/mol. The molecule has 6 heteroatoms. The third kappa shape index (κ3) is 2.22. The van der Waals surface area contributed by atoms with Gasteiger partial charge in [0.1, 0.15) is 11.6 Å². The van der Waals surface area contributed by atoms with E-state index in [9.17, 15) is 9.18 Å². The number of aromatic nitrogens is 1. The summed E-state index contributed by atoms with van der Waals surface area (Å²) in [7, 11) is 0. The van der Waals surface area contributed by atoms with E-state index < -0.39 is 0 Å². The van der Waals surface area contributed by atoms with Crippen molar-refractivity contribution < 1.29 is 13.7 Å². The number of benzene rings is 1. The van der Waals surface area contributed by atoms with E-state index in [2.05, 4.69) is 10.5 Å². The number of halogens is 1. The molecule has 0 aliphatic heterocycles. The van der Waals surface area contributed by atoms with Crippen molar-refractivity contribution in [1.82, 2.24) is 5.16 Å². The molecule has 96 valence electrons. The molecule has 0 aliphatic carbocycles. The Kier molecular flexibility index (Phi) is 2.79. The zero-order valence-electron chi connectivity index (χ0n) is 9.94. The monoisotopic (exact) mass is 276 g/mol. The maximum Gasteiger partial charge on any atom is 0.267 e. The van der Waals surface area contributed by atoms with Gasteiger partial charge in [-0.2, -0.15) is 0 Å². The minimum Gasteiger partial charge on any atom is -0.360 e. The van der Waals surface area contributed by atoms with Gasteiger partial charge in [0.05, 0.1) is 4.88 Å². The van der Waals surface area contributed by atoms with Crippen LogP contribution >= 0.6 is 11.3 Å². The number of hydrogen-bond acceptors (Lipinski definition) is 4. The molecular weight excluding hydrogens is 267 g/mol. The minimum absolute atomic E-state index is 0.325. The van der Waals surface area contributed by atoms with E-state index in [0.29, 0.717) is 21.8 Å². The van der Waals surface area contributed by atoms with E-state index in [1.165, 1.54) is 23.5 Å². The fourth-order valence-corrected chi connectivity index (χ4v) is 2.71. The molecule has 0 radical (unpaired) electrons. The first-order valence-corrected chi connectivity index (χ1v) is 6.38. The van der Waals surface area contributed by atoms with Crippen LogP contribution in [0.25, 0.3) is 10.1 Å². The molecule has 19 heavy (non-hydrogen) atoms. The van der Waals surface area contributed by atoms with Crippen LogP contribution in [0.2, 0.25) is 0 Å². The summed E-state index contributed by atoms with van der Waals surface area (Å²) in [6.07, 6.45) is 0. The number of hydrogen-bond donors (Lipinski definition) is 1. The van der Waals surface area contributed by atoms with Crippen LogP contribution in [0.3, 0.4) is 0 Å². The molecule has 0 unspecified atom stereocenters. The van der Waals surface area contributed by atoms with Crippen LogP contribution in [0.1, 0.15) is 15.4 Å². The summed E-state index contributed by atoms with van der Waals surface area (Å²) in [5, 5.41) is 6.73. The van der Waals surface area contributed by atoms with Crippen molar-refractivity contribution in [3.63, 3.8) is 0 Å². The van der Waals surface area contributed by atoms with Gasteiger partial charge < -0.3 is 9.84 Å². The Bertz CT molecular complexity index is 763. The molecular formula is C13H9FN2O2S. The molecule has 1 N–H and O–H groups in total. The molecule has 0 atom stereocenters. The van der Waals surface area contributed by atoms with Crippen molar-refractivity contribution >= 4 is 33.1 Å². The maximum absolute atomic E-state index is 13.5. The second-order valence-electron chi connectivity index (χ2n) is 4.04. The molecule has 0 fully saturated rings. The fraction of sp³-hybridized carbons (Fsp3) is 0.0769. The van der Waals surface area contributed by atoms with E-state index in [0.717, 1.165) is 4.70 Å². The summed E-state index contributed by atoms with van der Waals surface area (Å²) in [6, 6.07) is 7.93. The number of amides is 1. The van der Waals surface area contributed by atoms with Gasteiger partial charge in [-0.05, 0) is 25.1 Å². The average molecular weight is 276 g/mol. The van der Waals surface area contributed by atoms with Gasteiger partial charge in [0.25, 0.3) is 5.91 Å². The van der Waals surface area contributed by atoms with Crippen molar-refractivity contribution in [2.24, 2.45) is 0 Å². The highest BCUT2D eigenvalue weighted by molar-refractivity contribution is 7.20. The van der Waals surface area contributed by atoms with Gasteiger partial charge in [0, 0.05) is 16.2 Å². The third-order valence-electron chi connectivity index (χ3n) is 2.60. The summed E-state index contributed by atoms with van der Waals surface area (Å²) in [6.45, 7) is 1.73. The minimum atomic E-state index is -0.329. The topological polar surface area (TPSA) is 55.1 Å². The summed E-state index contributed by atoms with van der Waals surface area (Å²) in [5.74, 6) is 0.303. The van der Waals surface area contributed by atoms with Crippen LogP contribution in [0.5, 0.6) is 0 Å². The Morgan fingerprint density at radius 1 is 1.42 bits per heavy atom. The van der Waals surface area contributed by atoms with Crippen molar-refractivity contribution in [3.8, 4) is 0 Å². The van der Waals surface area contributed by atoms with Crippen molar-refractivity contribution in [2.75, 3.05) is 5.32 Å². The molecule has 0 spiro atoms. The first-order chi connectivity index (χ1) is 9.13. The maximum atomic E-state index is 13.5. The normalized spacial score (nSPS) is 10.8. The van der Waals surface area contributed by atoms with E-state index in [4.69, 9.17) is 4.52 Å². The zero-order chi connectivity index (χ0) is 13.4. The van der Waals surface area contributed by atoms with Crippen molar-refractivity contribution in [1.29, 1.82) is 0 Å². The summed E-state index contributed by atoms with van der Waals surface area (Å²) in [5.41, 5.74) is 0. The lowest BCUT2D eigenvalue weighted by atomic mass is 10.2. The van der Waals surface area contributed by atoms with E-state index in [1.807, 2.05) is 0 Å². The van der Waals surface area contributed by atoms with Crippen LogP contribution in [0.15, 0.2) is 34.9 Å². The Labute approximate surface area is 111 Å². The largest absolute Gasteiger partial charge is 0.360 e. The molecule has 2 aromatic heterocycles. The number of aryl methyl sites for hydroxylation is 1. The third-order valence-corrected chi connectivity index (χ3v) is 3.70. The first-order valence-electron chi connectivity index (χ1n) is 5.56. The lowest BCUT2D eigenvalue weighted by molar-refractivity contribution is 0.102. The number of carbonyl (C=O) groups excluding carboxylic acids is 1. The zero-order valence-corrected chi connectivity index (χ0v) is 10.8. The molecule has 0 saturated heterocycles. The Balaban J connectivity index is 1.91. The van der Waals surface area contributed by atoms with Crippen LogP contribution in [-0.2, 0) is 0 Å². The van der Waals surface area contributed by atoms with Gasteiger partial charge in [-0.3, -0.25) is 4.79 Å². The molecule has 0 aliphatic rings. The van der Waals surface area contributed by atoms with Crippen LogP contribution in [0, 0.1) is 12.7 Å². The second-order valence-corrected chi connectivity index (χ2v) is 5.12. The molecule has 2 heterocycles. The number of nitrogens with zero attached hydrogens (tertiary/aromatic N) is 1. The van der Waals surface area contributed by atoms with Gasteiger partial charge in [0.2, 0.25) is 0 Å². The quantitative estimate of drug-likeness (QED) is 0.778. The molecule has 1 aromatic carbocycles. The van der Waals surface area contributed by atoms with Gasteiger partial charge >= 0.3 is 0 Å². The van der Waals surface area contributed by atoms with Gasteiger partial charge in [0.15, 0.2) is 5.82 Å². The van der Waals surface area contributed by atoms with E-state index in [1.54, 1.807) is 25.1 Å². The van der Waals surface area contributed by atoms with Crippen LogP contribution in [0.4, 0.5) is 10.2 Å². The number of nitrogens with one attached hydrogen (secondary N) is 1. The highest BCUT2D eigenvalue weighted by atomic mass is 32.1. The fourth-order valence-electron chi connectivity index (χ4n) is 1.74. The highest BCUT2D eigenvalue weighted by Crippen LogP contribution is 2.28. The van der Waals surface area contributed by atoms with Crippen LogP contribution < -0.4 is 5.32 Å². The molecule has 0 bridgehead atoms. The van der Waals surface area contributed by atoms with Gasteiger partial charge in [-0.25, -0.2) is 4.39 Å². The number of thiophene rings is 1. The molecule has 0 saturated carbocycles. The average Bonchev–Trinajstić information content (AvgIpc) is 2.96. The number of fused-ring (bicyclic) bond motifs is 1. The lowest BCUT2D eigenvalue weighted by Crippen LogP contribution is -2.10. The molecule has 3 aromatic rings. The van der Waals surface area contributed by atoms with Crippen molar-refractivity contribution in [3.05, 3.63) is 46.8 Å². The first kappa shape index (κ1) is 11.9.